The molecule has 2 rings (SSSR count). The van der Waals surface area contributed by atoms with Gasteiger partial charge in [0.15, 0.2) is 5.82 Å². The highest BCUT2D eigenvalue weighted by atomic mass is 32.2. The second-order valence-electron chi connectivity index (χ2n) is 4.12. The number of aromatic nitrogens is 2. The molecule has 1 heterocycles. The number of nitrogens with two attached hydrogens (primary N) is 2. The molecular formula is C12H12N4O3S. The van der Waals surface area contributed by atoms with Crippen molar-refractivity contribution in [2.75, 3.05) is 0 Å². The zero-order chi connectivity index (χ0) is 14.9. The number of nitrogens with zero attached hydrogens (tertiary/aromatic N) is 2. The van der Waals surface area contributed by atoms with E-state index in [9.17, 15) is 13.2 Å². The largest absolute Gasteiger partial charge is 0.366 e. The summed E-state index contributed by atoms with van der Waals surface area (Å²) < 4.78 is 23.4. The van der Waals surface area contributed by atoms with Gasteiger partial charge in [0.05, 0.1) is 10.5 Å². The Hall–Kier alpha value is -2.32. The van der Waals surface area contributed by atoms with Crippen LogP contribution >= 0.6 is 0 Å². The van der Waals surface area contributed by atoms with E-state index in [4.69, 9.17) is 10.9 Å². The smallest absolute Gasteiger partial charge is 0.250 e. The van der Waals surface area contributed by atoms with Crippen molar-refractivity contribution in [1.29, 1.82) is 0 Å². The minimum Gasteiger partial charge on any atom is -0.366 e. The summed E-state index contributed by atoms with van der Waals surface area (Å²) in [7, 11) is -4.10. The van der Waals surface area contributed by atoms with Gasteiger partial charge >= 0.3 is 0 Å². The van der Waals surface area contributed by atoms with Gasteiger partial charge < -0.3 is 5.73 Å². The van der Waals surface area contributed by atoms with Gasteiger partial charge in [-0.2, -0.15) is 0 Å². The second kappa shape index (κ2) is 4.99. The molecular weight excluding hydrogens is 280 g/mol. The normalized spacial score (nSPS) is 11.3. The average Bonchev–Trinajstić information content (AvgIpc) is 2.37. The van der Waals surface area contributed by atoms with Crippen LogP contribution in [-0.4, -0.2) is 24.3 Å². The summed E-state index contributed by atoms with van der Waals surface area (Å²) in [5.74, 6) is -0.702. The van der Waals surface area contributed by atoms with Crippen LogP contribution in [-0.2, 0) is 10.0 Å². The summed E-state index contributed by atoms with van der Waals surface area (Å²) in [6.45, 7) is 1.53. The third kappa shape index (κ3) is 2.51. The number of aryl methyl sites for hydroxylation is 1. The molecule has 1 aromatic carbocycles. The van der Waals surface area contributed by atoms with Gasteiger partial charge in [-0.15, -0.1) is 0 Å². The molecule has 0 unspecified atom stereocenters. The van der Waals surface area contributed by atoms with Crippen molar-refractivity contribution in [3.05, 3.63) is 41.7 Å². The SMILES string of the molecule is Cc1ccc(-c2ncccn2)c(C(N)=O)c1S(N)(=O)=O. The van der Waals surface area contributed by atoms with Crippen molar-refractivity contribution >= 4 is 15.9 Å². The summed E-state index contributed by atoms with van der Waals surface area (Å²) in [5.41, 5.74) is 5.67. The van der Waals surface area contributed by atoms with Crippen LogP contribution in [0.2, 0.25) is 0 Å². The fourth-order valence-corrected chi connectivity index (χ4v) is 2.93. The predicted molar refractivity (Wildman–Crippen MR) is 72.1 cm³/mol. The van der Waals surface area contributed by atoms with E-state index in [0.717, 1.165) is 0 Å². The number of hydrogen-bond acceptors (Lipinski definition) is 5. The molecule has 0 bridgehead atoms. The number of benzene rings is 1. The fraction of sp³-hybridized carbons (Fsp3) is 0.0833. The maximum absolute atomic E-state index is 11.7. The lowest BCUT2D eigenvalue weighted by molar-refractivity contribution is 0.0997. The maximum Gasteiger partial charge on any atom is 0.250 e. The zero-order valence-corrected chi connectivity index (χ0v) is 11.4. The first-order valence-corrected chi connectivity index (χ1v) is 7.10. The van der Waals surface area contributed by atoms with Crippen LogP contribution < -0.4 is 10.9 Å². The summed E-state index contributed by atoms with van der Waals surface area (Å²) in [6, 6.07) is 4.67. The average molecular weight is 292 g/mol. The number of rotatable bonds is 3. The molecule has 104 valence electrons. The van der Waals surface area contributed by atoms with Crippen LogP contribution in [0.4, 0.5) is 0 Å². The highest BCUT2D eigenvalue weighted by Gasteiger charge is 2.25. The Kier molecular flexibility index (Phi) is 3.51. The standard InChI is InChI=1S/C12H12N4O3S/c1-7-3-4-8(12-15-5-2-6-16-12)9(11(13)17)10(7)20(14,18)19/h2-6H,1H3,(H2,13,17)(H2,14,18,19). The van der Waals surface area contributed by atoms with Crippen LogP contribution in [0.3, 0.4) is 0 Å². The number of hydrogen-bond donors (Lipinski definition) is 2. The van der Waals surface area contributed by atoms with Crippen LogP contribution in [0, 0.1) is 6.92 Å². The highest BCUT2D eigenvalue weighted by Crippen LogP contribution is 2.28. The van der Waals surface area contributed by atoms with Crippen molar-refractivity contribution in [2.24, 2.45) is 10.9 Å². The quantitative estimate of drug-likeness (QED) is 0.834. The van der Waals surface area contributed by atoms with Gasteiger partial charge in [-0.1, -0.05) is 12.1 Å². The Bertz CT molecular complexity index is 773. The minimum atomic E-state index is -4.10. The number of carbonyl (C=O) groups is 1. The first kappa shape index (κ1) is 14.1. The summed E-state index contributed by atoms with van der Waals surface area (Å²) in [6.07, 6.45) is 2.95. The summed E-state index contributed by atoms with van der Waals surface area (Å²) >= 11 is 0. The van der Waals surface area contributed by atoms with Crippen molar-refractivity contribution in [3.8, 4) is 11.4 Å². The molecule has 0 radical (unpaired) electrons. The van der Waals surface area contributed by atoms with Crippen molar-refractivity contribution in [1.82, 2.24) is 9.97 Å². The first-order chi connectivity index (χ1) is 9.32. The number of primary sulfonamides is 1. The fourth-order valence-electron chi connectivity index (χ4n) is 1.92. The molecule has 0 aliphatic heterocycles. The van der Waals surface area contributed by atoms with Crippen LogP contribution in [0.5, 0.6) is 0 Å². The van der Waals surface area contributed by atoms with E-state index < -0.39 is 15.9 Å². The van der Waals surface area contributed by atoms with Gasteiger partial charge in [-0.05, 0) is 18.6 Å². The van der Waals surface area contributed by atoms with Gasteiger partial charge in [0, 0.05) is 18.0 Å². The topological polar surface area (TPSA) is 129 Å². The molecule has 0 aliphatic rings. The lowest BCUT2D eigenvalue weighted by Gasteiger charge is -2.12. The Labute approximate surface area is 115 Å². The molecule has 4 N–H and O–H groups in total. The molecule has 20 heavy (non-hydrogen) atoms. The molecule has 2 aromatic rings. The molecule has 7 nitrogen and oxygen atoms in total. The van der Waals surface area contributed by atoms with Gasteiger partial charge in [-0.25, -0.2) is 23.5 Å². The van der Waals surface area contributed by atoms with Gasteiger partial charge in [0.25, 0.3) is 5.91 Å². The number of amides is 1. The molecule has 8 heteroatoms. The van der Waals surface area contributed by atoms with E-state index in [2.05, 4.69) is 9.97 Å². The highest BCUT2D eigenvalue weighted by molar-refractivity contribution is 7.89. The Balaban J connectivity index is 2.89. The summed E-state index contributed by atoms with van der Waals surface area (Å²) in [4.78, 5) is 19.3. The summed E-state index contributed by atoms with van der Waals surface area (Å²) in [5, 5.41) is 5.17. The van der Waals surface area contributed by atoms with Gasteiger partial charge in [0.2, 0.25) is 10.0 Å². The number of primary amides is 1. The van der Waals surface area contributed by atoms with Crippen molar-refractivity contribution in [2.45, 2.75) is 11.8 Å². The zero-order valence-electron chi connectivity index (χ0n) is 10.6. The van der Waals surface area contributed by atoms with E-state index in [1.54, 1.807) is 12.1 Å². The molecule has 0 spiro atoms. The molecule has 1 amide bonds. The number of sulfonamides is 1. The Morgan fingerprint density at radius 2 is 1.80 bits per heavy atom. The van der Waals surface area contributed by atoms with Crippen molar-refractivity contribution < 1.29 is 13.2 Å². The predicted octanol–water partition coefficient (Wildman–Crippen LogP) is 0.198. The van der Waals surface area contributed by atoms with E-state index in [1.165, 1.54) is 25.4 Å². The van der Waals surface area contributed by atoms with Crippen LogP contribution in [0.15, 0.2) is 35.5 Å². The first-order valence-electron chi connectivity index (χ1n) is 5.56. The number of carbonyl (C=O) groups excluding carboxylic acids is 1. The lowest BCUT2D eigenvalue weighted by Crippen LogP contribution is -2.23. The molecule has 0 saturated heterocycles. The molecule has 0 fully saturated rings. The minimum absolute atomic E-state index is 0.196. The molecule has 0 atom stereocenters. The lowest BCUT2D eigenvalue weighted by atomic mass is 10.0. The van der Waals surface area contributed by atoms with Crippen LogP contribution in [0.1, 0.15) is 15.9 Å². The van der Waals surface area contributed by atoms with E-state index in [1.807, 2.05) is 0 Å². The van der Waals surface area contributed by atoms with E-state index >= 15 is 0 Å². The molecule has 1 aromatic heterocycles. The Morgan fingerprint density at radius 1 is 1.20 bits per heavy atom. The van der Waals surface area contributed by atoms with Crippen molar-refractivity contribution in [3.63, 3.8) is 0 Å². The molecule has 0 aliphatic carbocycles. The van der Waals surface area contributed by atoms with Gasteiger partial charge in [-0.3, -0.25) is 4.79 Å². The van der Waals surface area contributed by atoms with Crippen LogP contribution in [0.25, 0.3) is 11.4 Å². The third-order valence-electron chi connectivity index (χ3n) is 2.69. The van der Waals surface area contributed by atoms with Gasteiger partial charge in [0.1, 0.15) is 0 Å². The third-order valence-corrected chi connectivity index (χ3v) is 3.79. The second-order valence-corrected chi connectivity index (χ2v) is 5.61. The Morgan fingerprint density at radius 3 is 2.30 bits per heavy atom. The maximum atomic E-state index is 11.7. The van der Waals surface area contributed by atoms with E-state index in [-0.39, 0.29) is 21.8 Å². The van der Waals surface area contributed by atoms with E-state index in [0.29, 0.717) is 5.56 Å². The molecule has 0 saturated carbocycles. The monoisotopic (exact) mass is 292 g/mol.